The molecular formula is C25H35N5O3. The number of nitrogens with zero attached hydrogens (tertiary/aromatic N) is 4. The predicted octanol–water partition coefficient (Wildman–Crippen LogP) is 2.42. The number of piperazine rings is 1. The van der Waals surface area contributed by atoms with E-state index in [1.54, 1.807) is 19.0 Å². The van der Waals surface area contributed by atoms with E-state index in [-0.39, 0.29) is 24.9 Å². The Morgan fingerprint density at radius 1 is 0.879 bits per heavy atom. The second-order valence-corrected chi connectivity index (χ2v) is 8.84. The van der Waals surface area contributed by atoms with Crippen LogP contribution in [0, 0.1) is 0 Å². The summed E-state index contributed by atoms with van der Waals surface area (Å²) in [6, 6.07) is 15.7. The average Bonchev–Trinajstić information content (AvgIpc) is 2.81. The third-order valence-corrected chi connectivity index (χ3v) is 5.90. The van der Waals surface area contributed by atoms with Gasteiger partial charge in [-0.25, -0.2) is 5.06 Å². The fourth-order valence-electron chi connectivity index (χ4n) is 3.63. The van der Waals surface area contributed by atoms with Crippen LogP contribution in [0.4, 0.5) is 11.4 Å². The minimum absolute atomic E-state index is 0.125. The number of amides is 2. The lowest BCUT2D eigenvalue weighted by Gasteiger charge is -2.32. The lowest BCUT2D eigenvalue weighted by Crippen LogP contribution is -2.48. The zero-order chi connectivity index (χ0) is 23.8. The van der Waals surface area contributed by atoms with Crippen LogP contribution in [0.5, 0.6) is 0 Å². The van der Waals surface area contributed by atoms with E-state index in [1.807, 2.05) is 48.5 Å². The molecule has 0 radical (unpaired) electrons. The molecule has 0 aromatic heterocycles. The minimum atomic E-state index is -0.283. The van der Waals surface area contributed by atoms with E-state index in [2.05, 4.69) is 22.2 Å². The van der Waals surface area contributed by atoms with Crippen LogP contribution in [0.25, 0.3) is 0 Å². The second-order valence-electron chi connectivity index (χ2n) is 8.84. The average molecular weight is 454 g/mol. The molecule has 1 aliphatic rings. The number of carbonyl (C=O) groups is 2. The van der Waals surface area contributed by atoms with Gasteiger partial charge in [0.05, 0.1) is 13.1 Å². The molecule has 0 saturated carbocycles. The van der Waals surface area contributed by atoms with Crippen LogP contribution < -0.4 is 5.32 Å². The molecule has 2 aromatic rings. The first-order valence-corrected chi connectivity index (χ1v) is 11.4. The van der Waals surface area contributed by atoms with E-state index in [4.69, 9.17) is 0 Å². The first kappa shape index (κ1) is 24.7. The Balaban J connectivity index is 1.45. The van der Waals surface area contributed by atoms with Crippen molar-refractivity contribution in [2.45, 2.75) is 19.4 Å². The highest BCUT2D eigenvalue weighted by Crippen LogP contribution is 2.19. The molecule has 1 aliphatic heterocycles. The molecule has 2 amide bonds. The van der Waals surface area contributed by atoms with Gasteiger partial charge in [-0.3, -0.25) is 19.7 Å². The molecule has 8 heteroatoms. The molecule has 0 aliphatic carbocycles. The van der Waals surface area contributed by atoms with Gasteiger partial charge in [0, 0.05) is 58.1 Å². The SMILES string of the molecule is CN1CCN(CC(=O)N(O)Cc2ccc(Nc3ccc(CCC(=O)N(C)C)cc3)cc2)CC1. The lowest BCUT2D eigenvalue weighted by molar-refractivity contribution is -0.169. The van der Waals surface area contributed by atoms with E-state index in [0.717, 1.165) is 60.2 Å². The molecule has 2 aromatic carbocycles. The Bertz CT molecular complexity index is 907. The normalized spacial score (nSPS) is 14.7. The van der Waals surface area contributed by atoms with Gasteiger partial charge < -0.3 is 15.1 Å². The summed E-state index contributed by atoms with van der Waals surface area (Å²) >= 11 is 0. The van der Waals surface area contributed by atoms with Crippen molar-refractivity contribution in [3.05, 3.63) is 59.7 Å². The zero-order valence-corrected chi connectivity index (χ0v) is 19.8. The lowest BCUT2D eigenvalue weighted by atomic mass is 10.1. The number of benzene rings is 2. The number of anilines is 2. The first-order valence-electron chi connectivity index (χ1n) is 11.4. The summed E-state index contributed by atoms with van der Waals surface area (Å²) in [4.78, 5) is 30.0. The molecule has 3 rings (SSSR count). The topological polar surface area (TPSA) is 79.4 Å². The number of hydroxylamine groups is 2. The molecule has 2 N–H and O–H groups in total. The molecule has 8 nitrogen and oxygen atoms in total. The molecule has 178 valence electrons. The molecule has 0 bridgehead atoms. The molecule has 0 atom stereocenters. The fraction of sp³-hybridized carbons (Fsp3) is 0.440. The third kappa shape index (κ3) is 7.85. The standard InChI is InChI=1S/C25H35N5O3/c1-27(2)24(31)13-8-20-4-9-22(10-5-20)26-23-11-6-21(7-12-23)18-30(33)25(32)19-29-16-14-28(3)15-17-29/h4-7,9-12,26,33H,8,13-19H2,1-3H3. The largest absolute Gasteiger partial charge is 0.356 e. The molecule has 0 unspecified atom stereocenters. The maximum atomic E-state index is 12.3. The van der Waals surface area contributed by atoms with Gasteiger partial charge in [0.2, 0.25) is 5.91 Å². The van der Waals surface area contributed by atoms with E-state index in [9.17, 15) is 14.8 Å². The Hall–Kier alpha value is -2.94. The van der Waals surface area contributed by atoms with Crippen LogP contribution in [-0.4, -0.2) is 90.7 Å². The maximum absolute atomic E-state index is 12.3. The van der Waals surface area contributed by atoms with E-state index >= 15 is 0 Å². The van der Waals surface area contributed by atoms with Gasteiger partial charge in [0.1, 0.15) is 0 Å². The smallest absolute Gasteiger partial charge is 0.260 e. The number of rotatable bonds is 9. The van der Waals surface area contributed by atoms with Crippen molar-refractivity contribution in [2.75, 3.05) is 59.2 Å². The molecule has 1 heterocycles. The number of aryl methyl sites for hydroxylation is 1. The van der Waals surface area contributed by atoms with Gasteiger partial charge in [0.15, 0.2) is 0 Å². The third-order valence-electron chi connectivity index (χ3n) is 5.90. The van der Waals surface area contributed by atoms with Crippen molar-refractivity contribution in [3.63, 3.8) is 0 Å². The van der Waals surface area contributed by atoms with Crippen LogP contribution in [0.15, 0.2) is 48.5 Å². The van der Waals surface area contributed by atoms with Gasteiger partial charge in [0.25, 0.3) is 5.91 Å². The highest BCUT2D eigenvalue weighted by molar-refractivity contribution is 5.77. The molecule has 0 spiro atoms. The quantitative estimate of drug-likeness (QED) is 0.449. The first-order chi connectivity index (χ1) is 15.8. The van der Waals surface area contributed by atoms with Crippen molar-refractivity contribution in [1.29, 1.82) is 0 Å². The van der Waals surface area contributed by atoms with Gasteiger partial charge in [-0.05, 0) is 48.9 Å². The second kappa shape index (κ2) is 11.8. The van der Waals surface area contributed by atoms with Crippen LogP contribution in [0.2, 0.25) is 0 Å². The highest BCUT2D eigenvalue weighted by Gasteiger charge is 2.19. The van der Waals surface area contributed by atoms with Crippen molar-refractivity contribution in [2.24, 2.45) is 0 Å². The Morgan fingerprint density at radius 2 is 1.42 bits per heavy atom. The number of carbonyl (C=O) groups excluding carboxylic acids is 2. The van der Waals surface area contributed by atoms with E-state index in [0.29, 0.717) is 6.42 Å². The van der Waals surface area contributed by atoms with Crippen molar-refractivity contribution in [3.8, 4) is 0 Å². The minimum Gasteiger partial charge on any atom is -0.356 e. The molecule has 33 heavy (non-hydrogen) atoms. The number of hydrogen-bond acceptors (Lipinski definition) is 6. The van der Waals surface area contributed by atoms with Gasteiger partial charge >= 0.3 is 0 Å². The predicted molar refractivity (Wildman–Crippen MR) is 129 cm³/mol. The summed E-state index contributed by atoms with van der Waals surface area (Å²) in [6.45, 7) is 3.95. The number of nitrogens with one attached hydrogen (secondary N) is 1. The summed E-state index contributed by atoms with van der Waals surface area (Å²) < 4.78 is 0. The van der Waals surface area contributed by atoms with Crippen LogP contribution in [0.3, 0.4) is 0 Å². The summed E-state index contributed by atoms with van der Waals surface area (Å²) in [5.41, 5.74) is 3.85. The zero-order valence-electron chi connectivity index (χ0n) is 19.8. The van der Waals surface area contributed by atoms with Gasteiger partial charge in [-0.1, -0.05) is 24.3 Å². The Labute approximate surface area is 196 Å². The molecular weight excluding hydrogens is 418 g/mol. The van der Waals surface area contributed by atoms with Crippen molar-refractivity contribution in [1.82, 2.24) is 19.8 Å². The van der Waals surface area contributed by atoms with E-state index < -0.39 is 0 Å². The Kier molecular flexibility index (Phi) is 8.82. The Morgan fingerprint density at radius 3 is 1.97 bits per heavy atom. The summed E-state index contributed by atoms with van der Waals surface area (Å²) in [7, 11) is 5.61. The van der Waals surface area contributed by atoms with Gasteiger partial charge in [-0.2, -0.15) is 0 Å². The van der Waals surface area contributed by atoms with Crippen LogP contribution >= 0.6 is 0 Å². The van der Waals surface area contributed by atoms with Crippen LogP contribution in [-0.2, 0) is 22.6 Å². The summed E-state index contributed by atoms with van der Waals surface area (Å²) in [6.07, 6.45) is 1.22. The monoisotopic (exact) mass is 453 g/mol. The fourth-order valence-corrected chi connectivity index (χ4v) is 3.63. The van der Waals surface area contributed by atoms with Crippen LogP contribution in [0.1, 0.15) is 17.5 Å². The maximum Gasteiger partial charge on any atom is 0.260 e. The number of likely N-dealkylation sites (N-methyl/N-ethyl adjacent to an activating group) is 1. The highest BCUT2D eigenvalue weighted by atomic mass is 16.5. The van der Waals surface area contributed by atoms with Crippen molar-refractivity contribution < 1.29 is 14.8 Å². The summed E-state index contributed by atoms with van der Waals surface area (Å²) in [5, 5.41) is 14.4. The van der Waals surface area contributed by atoms with Crippen molar-refractivity contribution >= 4 is 23.2 Å². The summed E-state index contributed by atoms with van der Waals surface area (Å²) in [5.74, 6) is -0.158. The molecule has 1 saturated heterocycles. The molecule has 1 fully saturated rings. The van der Waals surface area contributed by atoms with Gasteiger partial charge in [-0.15, -0.1) is 0 Å². The number of hydrogen-bond donors (Lipinski definition) is 2. The van der Waals surface area contributed by atoms with E-state index in [1.165, 1.54) is 0 Å².